The van der Waals surface area contributed by atoms with Gasteiger partial charge < -0.3 is 15.5 Å². The van der Waals surface area contributed by atoms with E-state index in [-0.39, 0.29) is 6.03 Å². The van der Waals surface area contributed by atoms with E-state index in [1.54, 1.807) is 12.3 Å². The summed E-state index contributed by atoms with van der Waals surface area (Å²) in [5.74, 6) is 0.619. The molecule has 0 atom stereocenters. The normalized spacial score (nSPS) is 10.0. The van der Waals surface area contributed by atoms with Crippen molar-refractivity contribution in [3.05, 3.63) is 47.8 Å². The molecule has 2 rings (SSSR count). The van der Waals surface area contributed by atoms with Crippen LogP contribution in [0.1, 0.15) is 11.3 Å². The first-order chi connectivity index (χ1) is 10.1. The summed E-state index contributed by atoms with van der Waals surface area (Å²) in [5.41, 5.74) is 2.57. The van der Waals surface area contributed by atoms with Gasteiger partial charge in [0.05, 0.1) is 12.2 Å². The van der Waals surface area contributed by atoms with Crippen LogP contribution in [-0.4, -0.2) is 30.1 Å². The van der Waals surface area contributed by atoms with Crippen molar-refractivity contribution in [3.8, 4) is 0 Å². The Morgan fingerprint density at radius 3 is 2.71 bits per heavy atom. The fraction of sp³-hybridized carbons (Fsp3) is 0.267. The van der Waals surface area contributed by atoms with E-state index in [4.69, 9.17) is 0 Å². The molecular weight excluding hydrogens is 266 g/mol. The average Bonchev–Trinajstić information content (AvgIpc) is 2.48. The quantitative estimate of drug-likeness (QED) is 0.903. The van der Waals surface area contributed by atoms with E-state index in [9.17, 15) is 4.79 Å². The van der Waals surface area contributed by atoms with Crippen molar-refractivity contribution in [1.82, 2.24) is 15.3 Å². The maximum absolute atomic E-state index is 11.9. The highest BCUT2D eigenvalue weighted by molar-refractivity contribution is 5.89. The van der Waals surface area contributed by atoms with E-state index < -0.39 is 0 Å². The van der Waals surface area contributed by atoms with Crippen LogP contribution in [0.5, 0.6) is 0 Å². The number of hydrogen-bond acceptors (Lipinski definition) is 4. The van der Waals surface area contributed by atoms with Gasteiger partial charge in [0.15, 0.2) is 0 Å². The monoisotopic (exact) mass is 285 g/mol. The lowest BCUT2D eigenvalue weighted by Gasteiger charge is -2.12. The second-order valence-corrected chi connectivity index (χ2v) is 4.87. The topological polar surface area (TPSA) is 70.2 Å². The molecule has 0 aliphatic rings. The van der Waals surface area contributed by atoms with Crippen LogP contribution >= 0.6 is 0 Å². The molecule has 2 amide bonds. The second kappa shape index (κ2) is 6.69. The first kappa shape index (κ1) is 14.8. The van der Waals surface area contributed by atoms with E-state index in [1.165, 1.54) is 0 Å². The maximum atomic E-state index is 11.9. The Kier molecular flexibility index (Phi) is 4.71. The van der Waals surface area contributed by atoms with E-state index in [1.807, 2.05) is 50.2 Å². The lowest BCUT2D eigenvalue weighted by Crippen LogP contribution is -2.29. The molecule has 6 heteroatoms. The molecule has 21 heavy (non-hydrogen) atoms. The lowest BCUT2D eigenvalue weighted by molar-refractivity contribution is 0.251. The van der Waals surface area contributed by atoms with Crippen LogP contribution in [-0.2, 0) is 6.54 Å². The Hall–Kier alpha value is -2.63. The fourth-order valence-electron chi connectivity index (χ4n) is 1.75. The molecule has 2 aromatic rings. The van der Waals surface area contributed by atoms with E-state index in [0.717, 1.165) is 16.9 Å². The molecule has 0 saturated carbocycles. The number of benzene rings is 1. The number of carbonyl (C=O) groups excluding carboxylic acids is 1. The van der Waals surface area contributed by atoms with Crippen LogP contribution in [0, 0.1) is 6.92 Å². The Morgan fingerprint density at radius 1 is 1.24 bits per heavy atom. The van der Waals surface area contributed by atoms with Gasteiger partial charge in [-0.2, -0.15) is 0 Å². The number of amides is 2. The summed E-state index contributed by atoms with van der Waals surface area (Å²) in [6.45, 7) is 2.30. The summed E-state index contributed by atoms with van der Waals surface area (Å²) in [6.07, 6.45) is 1.68. The molecule has 0 aliphatic heterocycles. The van der Waals surface area contributed by atoms with Crippen LogP contribution in [0.4, 0.5) is 16.4 Å². The number of aryl methyl sites for hydroxylation is 1. The molecular formula is C15H19N5O. The van der Waals surface area contributed by atoms with Gasteiger partial charge in [-0.05, 0) is 24.6 Å². The van der Waals surface area contributed by atoms with Crippen molar-refractivity contribution in [3.63, 3.8) is 0 Å². The third-order valence-corrected chi connectivity index (χ3v) is 2.92. The van der Waals surface area contributed by atoms with Crippen LogP contribution in [0.2, 0.25) is 0 Å². The van der Waals surface area contributed by atoms with Gasteiger partial charge in [0.2, 0.25) is 5.95 Å². The molecule has 0 unspecified atom stereocenters. The molecule has 0 aliphatic carbocycles. The fourth-order valence-corrected chi connectivity index (χ4v) is 1.75. The van der Waals surface area contributed by atoms with Crippen molar-refractivity contribution in [2.24, 2.45) is 0 Å². The number of urea groups is 1. The summed E-state index contributed by atoms with van der Waals surface area (Å²) < 4.78 is 0. The minimum atomic E-state index is -0.255. The SMILES string of the molecule is Cc1ccccc1NC(=O)NCc1ccnc(N(C)C)n1. The first-order valence-corrected chi connectivity index (χ1v) is 6.66. The van der Waals surface area contributed by atoms with Gasteiger partial charge >= 0.3 is 6.03 Å². The lowest BCUT2D eigenvalue weighted by atomic mass is 10.2. The molecule has 1 heterocycles. The Morgan fingerprint density at radius 2 is 2.00 bits per heavy atom. The zero-order chi connectivity index (χ0) is 15.2. The Balaban J connectivity index is 1.92. The molecule has 0 bridgehead atoms. The number of anilines is 2. The molecule has 6 nitrogen and oxygen atoms in total. The van der Waals surface area contributed by atoms with Crippen LogP contribution in [0.15, 0.2) is 36.5 Å². The van der Waals surface area contributed by atoms with Gasteiger partial charge in [-0.25, -0.2) is 14.8 Å². The molecule has 1 aromatic carbocycles. The zero-order valence-corrected chi connectivity index (χ0v) is 12.4. The minimum Gasteiger partial charge on any atom is -0.347 e. The standard InChI is InChI=1S/C15H19N5O/c1-11-6-4-5-7-13(11)19-15(21)17-10-12-8-9-16-14(18-12)20(2)3/h4-9H,10H2,1-3H3,(H2,17,19,21). The number of para-hydroxylation sites is 1. The predicted molar refractivity (Wildman–Crippen MR) is 83.4 cm³/mol. The highest BCUT2D eigenvalue weighted by atomic mass is 16.2. The highest BCUT2D eigenvalue weighted by Crippen LogP contribution is 2.12. The Bertz CT molecular complexity index is 627. The van der Waals surface area contributed by atoms with Gasteiger partial charge in [-0.3, -0.25) is 0 Å². The largest absolute Gasteiger partial charge is 0.347 e. The molecule has 0 fully saturated rings. The van der Waals surface area contributed by atoms with Gasteiger partial charge in [0.1, 0.15) is 0 Å². The zero-order valence-electron chi connectivity index (χ0n) is 12.4. The number of nitrogens with one attached hydrogen (secondary N) is 2. The van der Waals surface area contributed by atoms with Crippen molar-refractivity contribution in [2.45, 2.75) is 13.5 Å². The van der Waals surface area contributed by atoms with Gasteiger partial charge in [0.25, 0.3) is 0 Å². The number of hydrogen-bond donors (Lipinski definition) is 2. The first-order valence-electron chi connectivity index (χ1n) is 6.66. The molecule has 1 aromatic heterocycles. The van der Waals surface area contributed by atoms with Crippen LogP contribution < -0.4 is 15.5 Å². The van der Waals surface area contributed by atoms with Gasteiger partial charge in [-0.15, -0.1) is 0 Å². The van der Waals surface area contributed by atoms with E-state index in [2.05, 4.69) is 20.6 Å². The molecule has 0 saturated heterocycles. The van der Waals surface area contributed by atoms with E-state index >= 15 is 0 Å². The summed E-state index contributed by atoms with van der Waals surface area (Å²) in [6, 6.07) is 9.15. The molecule has 110 valence electrons. The number of rotatable bonds is 4. The van der Waals surface area contributed by atoms with Crippen molar-refractivity contribution >= 4 is 17.7 Å². The van der Waals surface area contributed by atoms with Crippen LogP contribution in [0.25, 0.3) is 0 Å². The Labute approximate surface area is 124 Å². The summed E-state index contributed by atoms with van der Waals surface area (Å²) >= 11 is 0. The van der Waals surface area contributed by atoms with Crippen LogP contribution in [0.3, 0.4) is 0 Å². The third kappa shape index (κ3) is 4.17. The highest BCUT2D eigenvalue weighted by Gasteiger charge is 2.05. The predicted octanol–water partition coefficient (Wildman–Crippen LogP) is 2.17. The van der Waals surface area contributed by atoms with Gasteiger partial charge in [0, 0.05) is 26.0 Å². The van der Waals surface area contributed by atoms with Crippen molar-refractivity contribution in [2.75, 3.05) is 24.3 Å². The average molecular weight is 285 g/mol. The minimum absolute atomic E-state index is 0.255. The molecule has 2 N–H and O–H groups in total. The van der Waals surface area contributed by atoms with Crippen molar-refractivity contribution < 1.29 is 4.79 Å². The second-order valence-electron chi connectivity index (χ2n) is 4.87. The third-order valence-electron chi connectivity index (χ3n) is 2.92. The molecule has 0 radical (unpaired) electrons. The number of aromatic nitrogens is 2. The summed E-state index contributed by atoms with van der Waals surface area (Å²) in [4.78, 5) is 22.2. The number of nitrogens with zero attached hydrogens (tertiary/aromatic N) is 3. The molecule has 0 spiro atoms. The van der Waals surface area contributed by atoms with Crippen molar-refractivity contribution in [1.29, 1.82) is 0 Å². The van der Waals surface area contributed by atoms with Gasteiger partial charge in [-0.1, -0.05) is 18.2 Å². The number of carbonyl (C=O) groups is 1. The summed E-state index contributed by atoms with van der Waals surface area (Å²) in [5, 5.41) is 5.60. The summed E-state index contributed by atoms with van der Waals surface area (Å²) in [7, 11) is 3.74. The van der Waals surface area contributed by atoms with E-state index in [0.29, 0.717) is 12.5 Å². The smallest absolute Gasteiger partial charge is 0.319 e. The maximum Gasteiger partial charge on any atom is 0.319 e.